The zero-order valence-corrected chi connectivity index (χ0v) is 10.1. The number of rotatable bonds is 2. The van der Waals surface area contributed by atoms with E-state index in [1.807, 2.05) is 0 Å². The summed E-state index contributed by atoms with van der Waals surface area (Å²) < 4.78 is 1.21. The first-order valence-corrected chi connectivity index (χ1v) is 4.56. The third-order valence-electron chi connectivity index (χ3n) is 1.23. The van der Waals surface area contributed by atoms with E-state index in [4.69, 9.17) is 0 Å². The van der Waals surface area contributed by atoms with Crippen molar-refractivity contribution in [2.24, 2.45) is 0 Å². The van der Waals surface area contributed by atoms with E-state index >= 15 is 0 Å². The zero-order valence-electron chi connectivity index (χ0n) is 5.59. The highest BCUT2D eigenvalue weighted by Crippen LogP contribution is 2.00. The fraction of sp³-hybridized carbons (Fsp3) is 0.250. The molecule has 2 heteroatoms. The summed E-state index contributed by atoms with van der Waals surface area (Å²) in [6.45, 7) is 0. The Hall–Kier alpha value is 0.680. The smallest absolute Gasteiger partial charge is 0.00358 e. The molecule has 0 aliphatic heterocycles. The Morgan fingerprint density at radius 2 is 1.70 bits per heavy atom. The van der Waals surface area contributed by atoms with E-state index in [9.17, 15) is 0 Å². The van der Waals surface area contributed by atoms with Gasteiger partial charge < -0.3 is 0 Å². The minimum absolute atomic E-state index is 0. The van der Waals surface area contributed by atoms with E-state index in [-0.39, 0.29) is 24.0 Å². The Morgan fingerprint density at radius 1 is 1.10 bits per heavy atom. The van der Waals surface area contributed by atoms with Gasteiger partial charge in [-0.1, -0.05) is 52.9 Å². The maximum atomic E-state index is 2.39. The lowest BCUT2D eigenvalue weighted by Gasteiger charge is -1.93. The van der Waals surface area contributed by atoms with Crippen LogP contribution in [0.5, 0.6) is 0 Å². The molecular formula is C8H10I2. The van der Waals surface area contributed by atoms with Crippen LogP contribution in [0.3, 0.4) is 0 Å². The van der Waals surface area contributed by atoms with Gasteiger partial charge in [-0.15, -0.1) is 24.0 Å². The standard InChI is InChI=1S/C8H9I.HI/c9-7-6-8-4-2-1-3-5-8;/h1-5H,6-7H2;1H. The molecule has 56 valence electrons. The Kier molecular flexibility index (Phi) is 6.83. The lowest BCUT2D eigenvalue weighted by molar-refractivity contribution is 1.18. The molecule has 0 unspecified atom stereocenters. The quantitative estimate of drug-likeness (QED) is 0.561. The highest BCUT2D eigenvalue weighted by Gasteiger charge is 1.85. The van der Waals surface area contributed by atoms with Crippen LogP contribution in [0.25, 0.3) is 0 Å². The second-order valence-corrected chi connectivity index (χ2v) is 3.00. The summed E-state index contributed by atoms with van der Waals surface area (Å²) in [5.74, 6) is 0. The predicted octanol–water partition coefficient (Wildman–Crippen LogP) is 3.28. The summed E-state index contributed by atoms with van der Waals surface area (Å²) in [5.41, 5.74) is 1.44. The highest BCUT2D eigenvalue weighted by molar-refractivity contribution is 14.1. The largest absolute Gasteiger partial charge is 0.107 e. The Labute approximate surface area is 92.6 Å². The third-order valence-corrected chi connectivity index (χ3v) is 1.77. The average Bonchev–Trinajstić information content (AvgIpc) is 1.91. The van der Waals surface area contributed by atoms with Gasteiger partial charge in [-0.25, -0.2) is 0 Å². The minimum Gasteiger partial charge on any atom is -0.107 e. The predicted molar refractivity (Wildman–Crippen MR) is 64.4 cm³/mol. The van der Waals surface area contributed by atoms with E-state index in [1.54, 1.807) is 0 Å². The molecule has 0 amide bonds. The van der Waals surface area contributed by atoms with Crippen molar-refractivity contribution >= 4 is 46.6 Å². The van der Waals surface area contributed by atoms with Gasteiger partial charge in [0, 0.05) is 4.43 Å². The van der Waals surface area contributed by atoms with E-state index in [0.717, 1.165) is 0 Å². The summed E-state index contributed by atoms with van der Waals surface area (Å²) in [4.78, 5) is 0. The molecule has 1 rings (SSSR count). The van der Waals surface area contributed by atoms with Crippen molar-refractivity contribution in [3.05, 3.63) is 35.9 Å². The Morgan fingerprint density at radius 3 is 2.20 bits per heavy atom. The van der Waals surface area contributed by atoms with E-state index in [0.29, 0.717) is 0 Å². The van der Waals surface area contributed by atoms with Gasteiger partial charge in [-0.3, -0.25) is 0 Å². The van der Waals surface area contributed by atoms with Gasteiger partial charge in [-0.2, -0.15) is 0 Å². The van der Waals surface area contributed by atoms with Crippen molar-refractivity contribution in [2.45, 2.75) is 6.42 Å². The molecule has 10 heavy (non-hydrogen) atoms. The molecule has 0 fully saturated rings. The van der Waals surface area contributed by atoms with Crippen LogP contribution >= 0.6 is 46.6 Å². The highest BCUT2D eigenvalue weighted by atomic mass is 127. The van der Waals surface area contributed by atoms with Crippen molar-refractivity contribution in [3.8, 4) is 0 Å². The average molecular weight is 360 g/mol. The van der Waals surface area contributed by atoms with Crippen LogP contribution in [0.15, 0.2) is 30.3 Å². The lowest BCUT2D eigenvalue weighted by atomic mass is 10.2. The molecule has 1 aromatic carbocycles. The number of hydrogen-bond donors (Lipinski definition) is 0. The third kappa shape index (κ3) is 3.75. The van der Waals surface area contributed by atoms with Gasteiger partial charge in [0.2, 0.25) is 0 Å². The first-order valence-electron chi connectivity index (χ1n) is 3.03. The van der Waals surface area contributed by atoms with Gasteiger partial charge in [0.1, 0.15) is 0 Å². The number of halogens is 2. The molecule has 0 saturated heterocycles. The summed E-state index contributed by atoms with van der Waals surface area (Å²) in [6.07, 6.45) is 1.20. The number of hydrogen-bond acceptors (Lipinski definition) is 0. The monoisotopic (exact) mass is 360 g/mol. The SMILES string of the molecule is I.ICCc1ccccc1. The lowest BCUT2D eigenvalue weighted by Crippen LogP contribution is -1.82. The summed E-state index contributed by atoms with van der Waals surface area (Å²) in [6, 6.07) is 10.6. The maximum absolute atomic E-state index is 2.39. The normalized spacial score (nSPS) is 8.50. The van der Waals surface area contributed by atoms with E-state index in [2.05, 4.69) is 52.9 Å². The fourth-order valence-corrected chi connectivity index (χ4v) is 1.38. The Bertz CT molecular complexity index is 160. The molecule has 0 N–H and O–H groups in total. The molecule has 0 spiro atoms. The fourth-order valence-electron chi connectivity index (χ4n) is 0.754. The van der Waals surface area contributed by atoms with Crippen molar-refractivity contribution < 1.29 is 0 Å². The van der Waals surface area contributed by atoms with Crippen LogP contribution < -0.4 is 0 Å². The van der Waals surface area contributed by atoms with Gasteiger partial charge in [0.05, 0.1) is 0 Å². The molecule has 0 atom stereocenters. The van der Waals surface area contributed by atoms with Gasteiger partial charge in [0.25, 0.3) is 0 Å². The molecule has 1 aromatic rings. The van der Waals surface area contributed by atoms with Crippen molar-refractivity contribution in [2.75, 3.05) is 4.43 Å². The van der Waals surface area contributed by atoms with E-state index in [1.165, 1.54) is 16.4 Å². The van der Waals surface area contributed by atoms with Crippen molar-refractivity contribution in [3.63, 3.8) is 0 Å². The van der Waals surface area contributed by atoms with E-state index < -0.39 is 0 Å². The molecule has 0 bridgehead atoms. The van der Waals surface area contributed by atoms with Crippen molar-refractivity contribution in [1.29, 1.82) is 0 Å². The van der Waals surface area contributed by atoms with Gasteiger partial charge >= 0.3 is 0 Å². The second-order valence-electron chi connectivity index (χ2n) is 1.92. The minimum atomic E-state index is 0. The molecule has 0 aliphatic rings. The number of aryl methyl sites for hydroxylation is 1. The van der Waals surface area contributed by atoms with Crippen LogP contribution in [0.4, 0.5) is 0 Å². The Balaban J connectivity index is 0.000000810. The second kappa shape index (κ2) is 6.39. The molecule has 0 nitrogen and oxygen atoms in total. The van der Waals surface area contributed by atoms with Crippen LogP contribution in [0, 0.1) is 0 Å². The molecule has 0 saturated carbocycles. The zero-order chi connectivity index (χ0) is 6.53. The number of benzene rings is 1. The van der Waals surface area contributed by atoms with Crippen LogP contribution in [0.1, 0.15) is 5.56 Å². The molecule has 0 radical (unpaired) electrons. The topological polar surface area (TPSA) is 0 Å². The molecule has 0 heterocycles. The maximum Gasteiger partial charge on any atom is 0.00358 e. The summed E-state index contributed by atoms with van der Waals surface area (Å²) >= 11 is 2.39. The summed E-state index contributed by atoms with van der Waals surface area (Å²) in [7, 11) is 0. The summed E-state index contributed by atoms with van der Waals surface area (Å²) in [5, 5.41) is 0. The van der Waals surface area contributed by atoms with Gasteiger partial charge in [0.15, 0.2) is 0 Å². The molecule has 0 aliphatic carbocycles. The van der Waals surface area contributed by atoms with Crippen molar-refractivity contribution in [1.82, 2.24) is 0 Å². The molecular weight excluding hydrogens is 350 g/mol. The molecule has 0 aromatic heterocycles. The van der Waals surface area contributed by atoms with Crippen LogP contribution in [0.2, 0.25) is 0 Å². The van der Waals surface area contributed by atoms with Gasteiger partial charge in [-0.05, 0) is 12.0 Å². The van der Waals surface area contributed by atoms with Crippen LogP contribution in [-0.2, 0) is 6.42 Å². The number of alkyl halides is 1. The first-order chi connectivity index (χ1) is 4.43. The first kappa shape index (κ1) is 10.7. The van der Waals surface area contributed by atoms with Crippen LogP contribution in [-0.4, -0.2) is 4.43 Å².